The van der Waals surface area contributed by atoms with Crippen LogP contribution in [0.1, 0.15) is 11.1 Å². The molecule has 0 saturated carbocycles. The number of benzene rings is 2. The largest absolute Gasteiger partial charge is 0.330 e. The predicted molar refractivity (Wildman–Crippen MR) is 110 cm³/mol. The number of aryl methyl sites for hydroxylation is 2. The van der Waals surface area contributed by atoms with Crippen LogP contribution in [0.3, 0.4) is 0 Å². The van der Waals surface area contributed by atoms with Gasteiger partial charge in [0.2, 0.25) is 11.0 Å². The van der Waals surface area contributed by atoms with E-state index in [-0.39, 0.29) is 11.7 Å². The number of halogens is 1. The van der Waals surface area contributed by atoms with Gasteiger partial charge < -0.3 is 10.6 Å². The van der Waals surface area contributed by atoms with Crippen molar-refractivity contribution in [3.63, 3.8) is 0 Å². The number of carbonyl (C=O) groups is 1. The van der Waals surface area contributed by atoms with E-state index in [2.05, 4.69) is 20.8 Å². The van der Waals surface area contributed by atoms with Gasteiger partial charge in [-0.05, 0) is 43.7 Å². The fourth-order valence-corrected chi connectivity index (χ4v) is 3.87. The lowest BCUT2D eigenvalue weighted by Crippen LogP contribution is -2.14. The van der Waals surface area contributed by atoms with Crippen LogP contribution in [0.4, 0.5) is 16.5 Å². The summed E-state index contributed by atoms with van der Waals surface area (Å²) in [5.74, 6) is 0.147. The molecule has 0 bridgehead atoms. The van der Waals surface area contributed by atoms with Crippen LogP contribution in [0.15, 0.2) is 46.8 Å². The van der Waals surface area contributed by atoms with Crippen molar-refractivity contribution in [3.8, 4) is 0 Å². The van der Waals surface area contributed by atoms with Gasteiger partial charge in [-0.3, -0.25) is 4.79 Å². The number of nitrogens with zero attached hydrogens (tertiary/aromatic N) is 2. The van der Waals surface area contributed by atoms with Gasteiger partial charge in [-0.2, -0.15) is 0 Å². The molecule has 0 aliphatic carbocycles. The smallest absolute Gasteiger partial charge is 0.234 e. The molecule has 2 N–H and O–H groups in total. The van der Waals surface area contributed by atoms with Gasteiger partial charge in [0.05, 0.1) is 5.75 Å². The highest BCUT2D eigenvalue weighted by Gasteiger charge is 2.10. The molecule has 0 radical (unpaired) electrons. The summed E-state index contributed by atoms with van der Waals surface area (Å²) < 4.78 is 0.734. The van der Waals surface area contributed by atoms with Crippen LogP contribution in [-0.2, 0) is 4.79 Å². The van der Waals surface area contributed by atoms with Gasteiger partial charge in [-0.1, -0.05) is 58.5 Å². The van der Waals surface area contributed by atoms with Gasteiger partial charge in [-0.25, -0.2) is 0 Å². The van der Waals surface area contributed by atoms with E-state index in [9.17, 15) is 4.79 Å². The molecule has 0 saturated heterocycles. The Hall–Kier alpha value is -2.09. The summed E-state index contributed by atoms with van der Waals surface area (Å²) in [4.78, 5) is 12.1. The molecule has 0 spiro atoms. The van der Waals surface area contributed by atoms with Crippen molar-refractivity contribution in [2.75, 3.05) is 16.4 Å². The second-order valence-corrected chi connectivity index (χ2v) is 8.30. The first-order valence-electron chi connectivity index (χ1n) is 7.85. The molecule has 1 amide bonds. The highest BCUT2D eigenvalue weighted by molar-refractivity contribution is 8.01. The van der Waals surface area contributed by atoms with Crippen LogP contribution in [0.2, 0.25) is 5.02 Å². The van der Waals surface area contributed by atoms with E-state index >= 15 is 0 Å². The number of aromatic nitrogens is 2. The molecule has 0 aliphatic heterocycles. The molecule has 0 fully saturated rings. The number of thioether (sulfide) groups is 1. The first-order valence-corrected chi connectivity index (χ1v) is 10.0. The lowest BCUT2D eigenvalue weighted by Gasteiger charge is -2.08. The van der Waals surface area contributed by atoms with Crippen molar-refractivity contribution in [2.45, 2.75) is 18.2 Å². The monoisotopic (exact) mass is 404 g/mol. The molecule has 0 unspecified atom stereocenters. The van der Waals surface area contributed by atoms with Crippen molar-refractivity contribution in [1.82, 2.24) is 10.2 Å². The molecule has 5 nitrogen and oxygen atoms in total. The average molecular weight is 405 g/mol. The Morgan fingerprint density at radius 1 is 1.15 bits per heavy atom. The highest BCUT2D eigenvalue weighted by Crippen LogP contribution is 2.28. The van der Waals surface area contributed by atoms with E-state index in [1.807, 2.05) is 44.2 Å². The van der Waals surface area contributed by atoms with Gasteiger partial charge in [-0.15, -0.1) is 10.2 Å². The Morgan fingerprint density at radius 2 is 1.92 bits per heavy atom. The Labute approximate surface area is 165 Å². The lowest BCUT2D eigenvalue weighted by molar-refractivity contribution is -0.113. The third kappa shape index (κ3) is 5.20. The number of carbonyl (C=O) groups excluding carboxylic acids is 1. The van der Waals surface area contributed by atoms with Gasteiger partial charge >= 0.3 is 0 Å². The number of amides is 1. The van der Waals surface area contributed by atoms with Crippen LogP contribution in [0, 0.1) is 13.8 Å². The van der Waals surface area contributed by atoms with Crippen molar-refractivity contribution < 1.29 is 4.79 Å². The molecule has 1 heterocycles. The average Bonchev–Trinajstić information content (AvgIpc) is 3.06. The molecule has 134 valence electrons. The maximum absolute atomic E-state index is 12.1. The summed E-state index contributed by atoms with van der Waals surface area (Å²) in [6, 6.07) is 13.5. The van der Waals surface area contributed by atoms with Crippen LogP contribution < -0.4 is 10.6 Å². The number of anilines is 3. The molecule has 1 aromatic heterocycles. The first kappa shape index (κ1) is 18.7. The number of nitrogens with one attached hydrogen (secondary N) is 2. The van der Waals surface area contributed by atoms with E-state index in [1.54, 1.807) is 12.1 Å². The summed E-state index contributed by atoms with van der Waals surface area (Å²) in [7, 11) is 0. The summed E-state index contributed by atoms with van der Waals surface area (Å²) in [6.45, 7) is 3.96. The zero-order valence-corrected chi connectivity index (χ0v) is 16.6. The summed E-state index contributed by atoms with van der Waals surface area (Å²) in [5.41, 5.74) is 3.85. The van der Waals surface area contributed by atoms with E-state index in [4.69, 9.17) is 11.6 Å². The van der Waals surface area contributed by atoms with Gasteiger partial charge in [0.15, 0.2) is 4.34 Å². The fraction of sp³-hybridized carbons (Fsp3) is 0.167. The maximum Gasteiger partial charge on any atom is 0.234 e. The topological polar surface area (TPSA) is 66.9 Å². The standard InChI is InChI=1S/C18H17ClN4OS2/c1-11-3-7-14(8-4-11)20-17-22-23-18(26-17)25-10-16(24)21-15-9-13(19)6-5-12(15)2/h3-9H,10H2,1-2H3,(H,20,22)(H,21,24). The molecule has 0 atom stereocenters. The minimum absolute atomic E-state index is 0.108. The van der Waals surface area contributed by atoms with Crippen molar-refractivity contribution in [2.24, 2.45) is 0 Å². The van der Waals surface area contributed by atoms with E-state index in [0.29, 0.717) is 10.2 Å². The molecule has 2 aromatic carbocycles. The summed E-state index contributed by atoms with van der Waals surface area (Å²) in [5, 5.41) is 15.6. The molecule has 3 rings (SSSR count). The SMILES string of the molecule is Cc1ccc(Nc2nnc(SCC(=O)Nc3cc(Cl)ccc3C)s2)cc1. The fourth-order valence-electron chi connectivity index (χ4n) is 2.12. The number of rotatable bonds is 6. The Kier molecular flexibility index (Phi) is 6.13. The van der Waals surface area contributed by atoms with E-state index in [1.165, 1.54) is 28.7 Å². The maximum atomic E-state index is 12.1. The van der Waals surface area contributed by atoms with Crippen molar-refractivity contribution >= 4 is 57.1 Å². The quantitative estimate of drug-likeness (QED) is 0.547. The van der Waals surface area contributed by atoms with Gasteiger partial charge in [0.1, 0.15) is 0 Å². The van der Waals surface area contributed by atoms with E-state index < -0.39 is 0 Å². The third-order valence-electron chi connectivity index (χ3n) is 3.51. The molecular weight excluding hydrogens is 388 g/mol. The Bertz CT molecular complexity index is 912. The second-order valence-electron chi connectivity index (χ2n) is 5.66. The Balaban J connectivity index is 1.53. The predicted octanol–water partition coefficient (Wildman–Crippen LogP) is 5.28. The van der Waals surface area contributed by atoms with Gasteiger partial charge in [0.25, 0.3) is 0 Å². The molecular formula is C18H17ClN4OS2. The molecule has 0 aliphatic rings. The normalized spacial score (nSPS) is 10.6. The van der Waals surface area contributed by atoms with Crippen LogP contribution in [0.25, 0.3) is 0 Å². The van der Waals surface area contributed by atoms with Crippen LogP contribution in [-0.4, -0.2) is 21.9 Å². The second kappa shape index (κ2) is 8.53. The van der Waals surface area contributed by atoms with Crippen molar-refractivity contribution in [3.05, 3.63) is 58.6 Å². The molecule has 26 heavy (non-hydrogen) atoms. The minimum atomic E-state index is -0.108. The van der Waals surface area contributed by atoms with Crippen LogP contribution >= 0.6 is 34.7 Å². The molecule has 8 heteroatoms. The van der Waals surface area contributed by atoms with Crippen LogP contribution in [0.5, 0.6) is 0 Å². The number of hydrogen-bond acceptors (Lipinski definition) is 6. The highest BCUT2D eigenvalue weighted by atomic mass is 35.5. The molecule has 3 aromatic rings. The summed E-state index contributed by atoms with van der Waals surface area (Å²) in [6.07, 6.45) is 0. The first-order chi connectivity index (χ1) is 12.5. The Morgan fingerprint density at radius 3 is 2.69 bits per heavy atom. The van der Waals surface area contributed by atoms with Crippen molar-refractivity contribution in [1.29, 1.82) is 0 Å². The zero-order chi connectivity index (χ0) is 18.5. The zero-order valence-electron chi connectivity index (χ0n) is 14.2. The third-order valence-corrected chi connectivity index (χ3v) is 5.72. The van der Waals surface area contributed by atoms with E-state index in [0.717, 1.165) is 21.3 Å². The summed E-state index contributed by atoms with van der Waals surface area (Å²) >= 11 is 8.74. The lowest BCUT2D eigenvalue weighted by atomic mass is 10.2. The number of hydrogen-bond donors (Lipinski definition) is 2. The van der Waals surface area contributed by atoms with Gasteiger partial charge in [0, 0.05) is 16.4 Å². The minimum Gasteiger partial charge on any atom is -0.330 e.